The van der Waals surface area contributed by atoms with Crippen LogP contribution in [0.2, 0.25) is 0 Å². The smallest absolute Gasteiger partial charge is 0.226 e. The maximum Gasteiger partial charge on any atom is 0.226 e. The molecule has 2 N–H and O–H groups in total. The van der Waals surface area contributed by atoms with Crippen LogP contribution in [-0.4, -0.2) is 25.5 Å². The van der Waals surface area contributed by atoms with Crippen LogP contribution in [0.15, 0.2) is 0 Å². The summed E-state index contributed by atoms with van der Waals surface area (Å²) in [6, 6.07) is 0. The first-order chi connectivity index (χ1) is 10.1. The summed E-state index contributed by atoms with van der Waals surface area (Å²) in [6.07, 6.45) is 10.2. The van der Waals surface area contributed by atoms with E-state index in [9.17, 15) is 4.79 Å². The number of carbonyl (C=O) groups excluding carboxylic acids is 1. The van der Waals surface area contributed by atoms with Crippen molar-refractivity contribution in [2.75, 3.05) is 19.6 Å². The zero-order valence-corrected chi connectivity index (χ0v) is 14.6. The molecule has 0 aromatic carbocycles. The average Bonchev–Trinajstić information content (AvgIpc) is 2.44. The van der Waals surface area contributed by atoms with Gasteiger partial charge >= 0.3 is 0 Å². The van der Waals surface area contributed by atoms with E-state index < -0.39 is 0 Å². The Morgan fingerprint density at radius 2 is 1.55 bits per heavy atom. The Balaban J connectivity index is 0.00000144. The highest BCUT2D eigenvalue weighted by Gasteiger charge is 2.54. The Morgan fingerprint density at radius 1 is 1.05 bits per heavy atom. The minimum absolute atomic E-state index is 0. The van der Waals surface area contributed by atoms with Gasteiger partial charge in [-0.25, -0.2) is 0 Å². The van der Waals surface area contributed by atoms with E-state index in [0.29, 0.717) is 11.3 Å². The summed E-state index contributed by atoms with van der Waals surface area (Å²) in [7, 11) is 0. The summed E-state index contributed by atoms with van der Waals surface area (Å²) < 4.78 is 0. The third-order valence-corrected chi connectivity index (χ3v) is 7.01. The van der Waals surface area contributed by atoms with Crippen LogP contribution in [0.3, 0.4) is 0 Å². The zero-order chi connectivity index (χ0) is 14.5. The molecule has 4 bridgehead atoms. The van der Waals surface area contributed by atoms with Gasteiger partial charge in [0.15, 0.2) is 0 Å². The van der Waals surface area contributed by atoms with E-state index in [1.165, 1.54) is 51.4 Å². The largest absolute Gasteiger partial charge is 0.355 e. The fourth-order valence-electron chi connectivity index (χ4n) is 6.08. The number of carbonyl (C=O) groups is 1. The van der Waals surface area contributed by atoms with Crippen LogP contribution >= 0.6 is 12.4 Å². The molecular weight excluding hydrogens is 296 g/mol. The number of hydrogen-bond donors (Lipinski definition) is 2. The SMILES string of the molecule is CC1(CNC(=O)C23CC4CC(CC(C4)C2)C3)CCNCC1.Cl. The van der Waals surface area contributed by atoms with Crippen LogP contribution in [0.25, 0.3) is 0 Å². The number of hydrogen-bond acceptors (Lipinski definition) is 2. The van der Waals surface area contributed by atoms with Gasteiger partial charge in [-0.15, -0.1) is 12.4 Å². The second-order valence-electron chi connectivity index (χ2n) is 8.94. The van der Waals surface area contributed by atoms with E-state index in [-0.39, 0.29) is 17.8 Å². The molecule has 0 unspecified atom stereocenters. The van der Waals surface area contributed by atoms with Crippen LogP contribution in [0.4, 0.5) is 0 Å². The molecule has 3 nitrogen and oxygen atoms in total. The van der Waals surface area contributed by atoms with E-state index >= 15 is 0 Å². The van der Waals surface area contributed by atoms with E-state index in [4.69, 9.17) is 0 Å². The topological polar surface area (TPSA) is 41.1 Å². The van der Waals surface area contributed by atoms with Gasteiger partial charge in [-0.05, 0) is 87.6 Å². The maximum absolute atomic E-state index is 13.0. The number of piperidine rings is 1. The lowest BCUT2D eigenvalue weighted by Crippen LogP contribution is -2.55. The highest BCUT2D eigenvalue weighted by atomic mass is 35.5. The van der Waals surface area contributed by atoms with Crippen molar-refractivity contribution in [3.05, 3.63) is 0 Å². The number of rotatable bonds is 3. The summed E-state index contributed by atoms with van der Waals surface area (Å²) in [5.41, 5.74) is 0.335. The van der Waals surface area contributed by atoms with Crippen molar-refractivity contribution in [3.63, 3.8) is 0 Å². The average molecular weight is 327 g/mol. The first kappa shape index (κ1) is 16.6. The molecule has 5 fully saturated rings. The third-order valence-electron chi connectivity index (χ3n) is 7.01. The molecule has 1 aliphatic heterocycles. The predicted molar refractivity (Wildman–Crippen MR) is 91.1 cm³/mol. The van der Waals surface area contributed by atoms with E-state index in [1.807, 2.05) is 0 Å². The molecule has 4 aliphatic carbocycles. The van der Waals surface area contributed by atoms with E-state index in [1.54, 1.807) is 0 Å². The molecule has 0 radical (unpaired) electrons. The first-order valence-corrected chi connectivity index (χ1v) is 9.06. The van der Waals surface area contributed by atoms with Crippen molar-refractivity contribution in [1.82, 2.24) is 10.6 Å². The van der Waals surface area contributed by atoms with Crippen LogP contribution in [-0.2, 0) is 4.79 Å². The van der Waals surface area contributed by atoms with Gasteiger partial charge in [0.25, 0.3) is 0 Å². The summed E-state index contributed by atoms with van der Waals surface area (Å²) >= 11 is 0. The van der Waals surface area contributed by atoms with Gasteiger partial charge in [-0.3, -0.25) is 4.79 Å². The Kier molecular flexibility index (Phi) is 4.50. The van der Waals surface area contributed by atoms with Crippen molar-refractivity contribution in [2.24, 2.45) is 28.6 Å². The third kappa shape index (κ3) is 2.91. The number of halogens is 1. The van der Waals surface area contributed by atoms with Crippen LogP contribution < -0.4 is 10.6 Å². The van der Waals surface area contributed by atoms with Gasteiger partial charge in [0.1, 0.15) is 0 Å². The molecule has 126 valence electrons. The zero-order valence-electron chi connectivity index (χ0n) is 13.8. The molecule has 1 amide bonds. The van der Waals surface area contributed by atoms with Crippen molar-refractivity contribution in [2.45, 2.75) is 58.3 Å². The van der Waals surface area contributed by atoms with Crippen LogP contribution in [0, 0.1) is 28.6 Å². The number of amides is 1. The lowest BCUT2D eigenvalue weighted by atomic mass is 9.49. The highest BCUT2D eigenvalue weighted by Crippen LogP contribution is 2.60. The molecule has 1 saturated heterocycles. The van der Waals surface area contributed by atoms with Crippen molar-refractivity contribution in [1.29, 1.82) is 0 Å². The second kappa shape index (κ2) is 5.98. The monoisotopic (exact) mass is 326 g/mol. The first-order valence-electron chi connectivity index (χ1n) is 9.06. The summed E-state index contributed by atoms with van der Waals surface area (Å²) in [6.45, 7) is 5.43. The molecule has 4 heteroatoms. The summed E-state index contributed by atoms with van der Waals surface area (Å²) in [5, 5.41) is 6.81. The van der Waals surface area contributed by atoms with Gasteiger partial charge in [-0.1, -0.05) is 6.92 Å². The standard InChI is InChI=1S/C18H30N2O.ClH/c1-17(2-4-19-5-3-17)12-20-16(21)18-9-13-6-14(10-18)8-15(7-13)11-18;/h13-15,19H,2-12H2,1H3,(H,20,21);1H. The highest BCUT2D eigenvalue weighted by molar-refractivity contribution is 5.85. The van der Waals surface area contributed by atoms with Crippen LogP contribution in [0.1, 0.15) is 58.3 Å². The van der Waals surface area contributed by atoms with Gasteiger partial charge in [-0.2, -0.15) is 0 Å². The molecule has 5 aliphatic rings. The van der Waals surface area contributed by atoms with Gasteiger partial charge in [0.2, 0.25) is 5.91 Å². The molecule has 5 rings (SSSR count). The lowest BCUT2D eigenvalue weighted by molar-refractivity contribution is -0.146. The fraction of sp³-hybridized carbons (Fsp3) is 0.944. The van der Waals surface area contributed by atoms with Gasteiger partial charge in [0.05, 0.1) is 0 Å². The fourth-order valence-corrected chi connectivity index (χ4v) is 6.08. The molecule has 0 aromatic rings. The second-order valence-corrected chi connectivity index (χ2v) is 8.94. The van der Waals surface area contributed by atoms with Gasteiger partial charge < -0.3 is 10.6 Å². The molecule has 0 spiro atoms. The summed E-state index contributed by atoms with van der Waals surface area (Å²) in [4.78, 5) is 13.0. The molecule has 22 heavy (non-hydrogen) atoms. The summed E-state index contributed by atoms with van der Waals surface area (Å²) in [5.74, 6) is 2.98. The van der Waals surface area contributed by atoms with E-state index in [0.717, 1.165) is 37.4 Å². The Morgan fingerprint density at radius 3 is 2.05 bits per heavy atom. The molecular formula is C18H31ClN2O. The maximum atomic E-state index is 13.0. The van der Waals surface area contributed by atoms with Gasteiger partial charge in [0, 0.05) is 12.0 Å². The van der Waals surface area contributed by atoms with Crippen molar-refractivity contribution >= 4 is 18.3 Å². The molecule has 0 atom stereocenters. The molecule has 4 saturated carbocycles. The molecule has 0 aromatic heterocycles. The normalized spacial score (nSPS) is 41.8. The van der Waals surface area contributed by atoms with Crippen LogP contribution in [0.5, 0.6) is 0 Å². The minimum atomic E-state index is 0. The lowest BCUT2D eigenvalue weighted by Gasteiger charge is -2.55. The Hall–Kier alpha value is -0.280. The Bertz CT molecular complexity index is 396. The predicted octanol–water partition coefficient (Wildman–Crippen LogP) is 3.13. The quantitative estimate of drug-likeness (QED) is 0.836. The van der Waals surface area contributed by atoms with Crippen molar-refractivity contribution in [3.8, 4) is 0 Å². The molecule has 1 heterocycles. The van der Waals surface area contributed by atoms with E-state index in [2.05, 4.69) is 17.6 Å². The Labute approximate surface area is 140 Å². The number of nitrogens with one attached hydrogen (secondary N) is 2. The van der Waals surface area contributed by atoms with Crippen molar-refractivity contribution < 1.29 is 4.79 Å². The minimum Gasteiger partial charge on any atom is -0.355 e.